The third-order valence-corrected chi connectivity index (χ3v) is 2.47. The Morgan fingerprint density at radius 2 is 1.67 bits per heavy atom. The van der Waals surface area contributed by atoms with Gasteiger partial charge in [-0.25, -0.2) is 14.2 Å². The van der Waals surface area contributed by atoms with E-state index in [2.05, 4.69) is 15.6 Å². The van der Waals surface area contributed by atoms with Crippen molar-refractivity contribution in [2.45, 2.75) is 13.8 Å². The van der Waals surface area contributed by atoms with Gasteiger partial charge in [0.1, 0.15) is 11.6 Å². The van der Waals surface area contributed by atoms with E-state index in [0.29, 0.717) is 11.4 Å². The average molecular weight is 297 g/mol. The zero-order valence-corrected chi connectivity index (χ0v) is 11.5. The predicted molar refractivity (Wildman–Crippen MR) is 75.0 cm³/mol. The minimum absolute atomic E-state index is 0.183. The molecule has 0 spiro atoms. The number of hydrogen-bond acceptors (Lipinski definition) is 2. The van der Waals surface area contributed by atoms with Crippen molar-refractivity contribution in [2.24, 2.45) is 0 Å². The summed E-state index contributed by atoms with van der Waals surface area (Å²) in [5.74, 6) is -0.250. The van der Waals surface area contributed by atoms with Crippen molar-refractivity contribution in [3.8, 4) is 0 Å². The lowest BCUT2D eigenvalue weighted by atomic mass is 10.2. The highest BCUT2D eigenvalue weighted by Gasteiger charge is 2.05. The van der Waals surface area contributed by atoms with Gasteiger partial charge in [-0.1, -0.05) is 17.7 Å². The fraction of sp³-hybridized carbons (Fsp3) is 0.143. The van der Waals surface area contributed by atoms with Gasteiger partial charge in [0.25, 0.3) is 0 Å². The number of carbonyl (C=O) groups excluding carboxylic acids is 1. The van der Waals surface area contributed by atoms with Crippen LogP contribution in [0.15, 0.2) is 36.4 Å². The van der Waals surface area contributed by atoms with Crippen LogP contribution in [-0.4, -0.2) is 11.0 Å². The van der Waals surface area contributed by atoms with Gasteiger partial charge in [0.15, 0.2) is 0 Å². The molecule has 4 nitrogen and oxygen atoms in total. The minimum Gasteiger partial charge on any atom is -0.308 e. The molecule has 21 heavy (non-hydrogen) atoms. The van der Waals surface area contributed by atoms with Crippen LogP contribution in [0.3, 0.4) is 0 Å². The van der Waals surface area contributed by atoms with Crippen molar-refractivity contribution >= 4 is 17.5 Å². The first-order valence-electron chi connectivity index (χ1n) is 5.96. The summed E-state index contributed by atoms with van der Waals surface area (Å²) in [5, 5.41) is 5.13. The molecule has 2 N–H and O–H groups in total. The van der Waals surface area contributed by atoms with E-state index in [1.54, 1.807) is 19.1 Å². The predicted octanol–water partition coefficient (Wildman–Crippen LogP) is 4.32. The molecular weight excluding hydrogens is 283 g/mol. The zero-order chi connectivity index (χ0) is 15.8. The summed E-state index contributed by atoms with van der Waals surface area (Å²) in [6.07, 6.45) is 0. The Morgan fingerprint density at radius 3 is 2.24 bits per heavy atom. The molecule has 0 aliphatic rings. The number of pyridine rings is 1. The summed E-state index contributed by atoms with van der Waals surface area (Å²) in [5.41, 5.74) is 2.27. The SMILES string of the molecule is Cc1ccc(NC(=O)Nc2cc(F)cc(C)n2)cc1.FF. The molecule has 0 bridgehead atoms. The first kappa shape index (κ1) is 16.5. The van der Waals surface area contributed by atoms with Crippen LogP contribution < -0.4 is 10.6 Å². The van der Waals surface area contributed by atoms with Crippen LogP contribution >= 0.6 is 0 Å². The van der Waals surface area contributed by atoms with E-state index in [-0.39, 0.29) is 5.82 Å². The topological polar surface area (TPSA) is 54.0 Å². The van der Waals surface area contributed by atoms with Crippen molar-refractivity contribution in [2.75, 3.05) is 10.6 Å². The lowest BCUT2D eigenvalue weighted by molar-refractivity contribution is 0.108. The van der Waals surface area contributed by atoms with Crippen LogP contribution in [-0.2, 0) is 0 Å². The van der Waals surface area contributed by atoms with Gasteiger partial charge in [0.05, 0.1) is 0 Å². The van der Waals surface area contributed by atoms with Crippen molar-refractivity contribution in [3.63, 3.8) is 0 Å². The molecule has 0 unspecified atom stereocenters. The summed E-state index contributed by atoms with van der Waals surface area (Å²) in [6.45, 7) is 3.62. The monoisotopic (exact) mass is 297 g/mol. The second-order valence-corrected chi connectivity index (χ2v) is 4.26. The number of carbonyl (C=O) groups is 1. The standard InChI is InChI=1S/C14H14FN3O.F2/c1-9-3-5-12(6-4-9)17-14(19)18-13-8-11(15)7-10(2)16-13;1-2/h3-8H,1-2H3,(H2,16,17,18,19);. The molecule has 1 heterocycles. The van der Waals surface area contributed by atoms with Gasteiger partial charge in [0.2, 0.25) is 0 Å². The summed E-state index contributed by atoms with van der Waals surface area (Å²) in [7, 11) is 0. The second kappa shape index (κ2) is 7.88. The quantitative estimate of drug-likeness (QED) is 0.867. The van der Waals surface area contributed by atoms with Crippen LogP contribution in [0.5, 0.6) is 0 Å². The zero-order valence-electron chi connectivity index (χ0n) is 11.5. The Labute approximate surface area is 119 Å². The lowest BCUT2D eigenvalue weighted by Crippen LogP contribution is -2.20. The molecule has 0 aliphatic carbocycles. The number of halogens is 3. The van der Waals surface area contributed by atoms with Crippen LogP contribution in [0.25, 0.3) is 0 Å². The average Bonchev–Trinajstić information content (AvgIpc) is 2.42. The highest BCUT2D eigenvalue weighted by Crippen LogP contribution is 2.11. The molecule has 2 rings (SSSR count). The molecule has 7 heteroatoms. The molecule has 2 amide bonds. The normalized spacial score (nSPS) is 9.38. The molecule has 1 aromatic carbocycles. The largest absolute Gasteiger partial charge is 0.324 e. The smallest absolute Gasteiger partial charge is 0.308 e. The van der Waals surface area contributed by atoms with E-state index >= 15 is 0 Å². The number of rotatable bonds is 2. The number of anilines is 2. The van der Waals surface area contributed by atoms with E-state index in [1.165, 1.54) is 12.1 Å². The Kier molecular flexibility index (Phi) is 6.19. The first-order chi connectivity index (χ1) is 10.0. The number of urea groups is 1. The number of nitrogens with zero attached hydrogens (tertiary/aromatic N) is 1. The summed E-state index contributed by atoms with van der Waals surface area (Å²) < 4.78 is 29.1. The summed E-state index contributed by atoms with van der Waals surface area (Å²) >= 11 is 0. The fourth-order valence-corrected chi connectivity index (χ4v) is 1.61. The molecule has 112 valence electrons. The maximum absolute atomic E-state index is 13.1. The molecule has 2 aromatic rings. The summed E-state index contributed by atoms with van der Waals surface area (Å²) in [6, 6.07) is 9.37. The molecule has 1 aromatic heterocycles. The molecule has 0 saturated carbocycles. The minimum atomic E-state index is -0.457. The van der Waals surface area contributed by atoms with E-state index in [0.717, 1.165) is 5.56 Å². The fourth-order valence-electron chi connectivity index (χ4n) is 1.61. The Balaban J connectivity index is 0.00000106. The Morgan fingerprint density at radius 1 is 1.05 bits per heavy atom. The van der Waals surface area contributed by atoms with Gasteiger partial charge >= 0.3 is 6.03 Å². The lowest BCUT2D eigenvalue weighted by Gasteiger charge is -2.08. The number of amides is 2. The van der Waals surface area contributed by atoms with Crippen LogP contribution in [0.1, 0.15) is 11.3 Å². The third-order valence-electron chi connectivity index (χ3n) is 2.47. The first-order valence-corrected chi connectivity index (χ1v) is 5.96. The van der Waals surface area contributed by atoms with Crippen LogP contribution in [0.2, 0.25) is 0 Å². The van der Waals surface area contributed by atoms with Crippen LogP contribution in [0.4, 0.5) is 29.8 Å². The number of nitrogens with one attached hydrogen (secondary N) is 2. The van der Waals surface area contributed by atoms with Gasteiger partial charge in [-0.2, -0.15) is 0 Å². The number of benzene rings is 1. The maximum Gasteiger partial charge on any atom is 0.324 e. The molecule has 0 fully saturated rings. The van der Waals surface area contributed by atoms with Gasteiger partial charge in [-0.15, -0.1) is 0 Å². The van der Waals surface area contributed by atoms with Crippen molar-refractivity contribution < 1.29 is 18.3 Å². The Hall–Kier alpha value is -2.57. The molecule has 0 radical (unpaired) electrons. The van der Waals surface area contributed by atoms with Gasteiger partial charge in [0, 0.05) is 26.6 Å². The number of aryl methyl sites for hydroxylation is 2. The van der Waals surface area contributed by atoms with E-state index in [4.69, 9.17) is 9.15 Å². The summed E-state index contributed by atoms with van der Waals surface area (Å²) in [4.78, 5) is 15.7. The highest BCUT2D eigenvalue weighted by atomic mass is 20.0. The van der Waals surface area contributed by atoms with Crippen molar-refractivity contribution in [1.82, 2.24) is 4.98 Å². The third kappa shape index (κ3) is 5.52. The van der Waals surface area contributed by atoms with Gasteiger partial charge in [-0.05, 0) is 32.0 Å². The maximum atomic E-state index is 13.1. The molecule has 0 atom stereocenters. The van der Waals surface area contributed by atoms with Crippen molar-refractivity contribution in [1.29, 1.82) is 0 Å². The van der Waals surface area contributed by atoms with Crippen LogP contribution in [0, 0.1) is 19.7 Å². The van der Waals surface area contributed by atoms with E-state index in [1.807, 2.05) is 19.1 Å². The molecule has 0 saturated heterocycles. The van der Waals surface area contributed by atoms with Gasteiger partial charge < -0.3 is 5.32 Å². The molecular formula is C14H14F3N3O. The molecule has 0 aliphatic heterocycles. The van der Waals surface area contributed by atoms with Crippen molar-refractivity contribution in [3.05, 3.63) is 53.5 Å². The Bertz CT molecular complexity index is 583. The van der Waals surface area contributed by atoms with E-state index in [9.17, 15) is 9.18 Å². The van der Waals surface area contributed by atoms with Gasteiger partial charge in [-0.3, -0.25) is 5.32 Å². The second-order valence-electron chi connectivity index (χ2n) is 4.26. The number of hydrogen-bond donors (Lipinski definition) is 2. The highest BCUT2D eigenvalue weighted by molar-refractivity contribution is 5.99. The van der Waals surface area contributed by atoms with E-state index < -0.39 is 11.8 Å². The number of aromatic nitrogens is 1.